The molecule has 1 aliphatic heterocycles. The Bertz CT molecular complexity index is 779. The van der Waals surface area contributed by atoms with Crippen LogP contribution in [0.4, 0.5) is 0 Å². The molecule has 2 N–H and O–H groups in total. The standard InChI is InChI=1S/C16H26N4O4S2.HI/c1-5-24-15(21)13-10(2)19-14(25-13)11(3)20-16(17-4)18-8-12-6-7-26(22,23)9-12;/h11-12H,5-9H2,1-4H3,(H2,17,18,20);1H. The number of aliphatic imine (C=N–C) groups is 1. The highest BCUT2D eigenvalue weighted by atomic mass is 127. The van der Waals surface area contributed by atoms with Crippen LogP contribution in [0.3, 0.4) is 0 Å². The molecule has 2 atom stereocenters. The minimum atomic E-state index is -2.88. The van der Waals surface area contributed by atoms with Gasteiger partial charge >= 0.3 is 5.97 Å². The van der Waals surface area contributed by atoms with Crippen molar-refractivity contribution in [1.82, 2.24) is 15.6 Å². The molecule has 1 saturated heterocycles. The summed E-state index contributed by atoms with van der Waals surface area (Å²) in [6, 6.07) is -0.152. The Kier molecular flexibility index (Phi) is 9.42. The molecule has 1 aromatic heterocycles. The Balaban J connectivity index is 0.00000364. The number of carbonyl (C=O) groups is 1. The summed E-state index contributed by atoms with van der Waals surface area (Å²) in [6.07, 6.45) is 0.677. The zero-order valence-corrected chi connectivity index (χ0v) is 19.9. The zero-order valence-electron chi connectivity index (χ0n) is 15.9. The maximum absolute atomic E-state index is 11.9. The van der Waals surface area contributed by atoms with Crippen LogP contribution in [0.1, 0.15) is 46.7 Å². The summed E-state index contributed by atoms with van der Waals surface area (Å²) in [5.41, 5.74) is 0.649. The van der Waals surface area contributed by atoms with Crippen LogP contribution in [0.2, 0.25) is 0 Å². The molecule has 1 fully saturated rings. The second kappa shape index (κ2) is 10.6. The lowest BCUT2D eigenvalue weighted by molar-refractivity contribution is 0.0531. The molecular formula is C16H27IN4O4S2. The van der Waals surface area contributed by atoms with Gasteiger partial charge in [-0.15, -0.1) is 35.3 Å². The normalized spacial score (nSPS) is 19.9. The van der Waals surface area contributed by atoms with Crippen LogP contribution in [0.5, 0.6) is 0 Å². The first-order valence-electron chi connectivity index (χ1n) is 8.57. The molecule has 0 radical (unpaired) electrons. The third-order valence-corrected chi connectivity index (χ3v) is 7.26. The number of guanidine groups is 1. The van der Waals surface area contributed by atoms with Gasteiger partial charge < -0.3 is 15.4 Å². The zero-order chi connectivity index (χ0) is 19.3. The van der Waals surface area contributed by atoms with E-state index in [4.69, 9.17) is 4.74 Å². The highest BCUT2D eigenvalue weighted by Crippen LogP contribution is 2.24. The predicted octanol–water partition coefficient (Wildman–Crippen LogP) is 1.91. The first-order valence-corrected chi connectivity index (χ1v) is 11.2. The minimum absolute atomic E-state index is 0. The largest absolute Gasteiger partial charge is 0.462 e. The van der Waals surface area contributed by atoms with Crippen molar-refractivity contribution in [2.24, 2.45) is 10.9 Å². The molecule has 0 saturated carbocycles. The quantitative estimate of drug-likeness (QED) is 0.250. The van der Waals surface area contributed by atoms with Crippen LogP contribution >= 0.6 is 35.3 Å². The van der Waals surface area contributed by atoms with Gasteiger partial charge in [0.2, 0.25) is 0 Å². The molecule has 1 aromatic rings. The van der Waals surface area contributed by atoms with Gasteiger partial charge in [-0.25, -0.2) is 18.2 Å². The lowest BCUT2D eigenvalue weighted by Crippen LogP contribution is -2.41. The number of aryl methyl sites for hydroxylation is 1. The van der Waals surface area contributed by atoms with E-state index in [2.05, 4.69) is 20.6 Å². The summed E-state index contributed by atoms with van der Waals surface area (Å²) >= 11 is 1.30. The molecular weight excluding hydrogens is 503 g/mol. The average molecular weight is 530 g/mol. The highest BCUT2D eigenvalue weighted by Gasteiger charge is 2.28. The third kappa shape index (κ3) is 6.86. The number of rotatable bonds is 6. The van der Waals surface area contributed by atoms with Gasteiger partial charge in [-0.1, -0.05) is 0 Å². The molecule has 2 unspecified atom stereocenters. The molecule has 2 heterocycles. The van der Waals surface area contributed by atoms with E-state index in [0.717, 1.165) is 5.01 Å². The molecule has 0 aromatic carbocycles. The summed E-state index contributed by atoms with van der Waals surface area (Å²) in [4.78, 5) is 21.1. The summed E-state index contributed by atoms with van der Waals surface area (Å²) < 4.78 is 28.1. The number of carbonyl (C=O) groups excluding carboxylic acids is 1. The first-order chi connectivity index (χ1) is 12.3. The van der Waals surface area contributed by atoms with Gasteiger partial charge in [-0.2, -0.15) is 0 Å². The van der Waals surface area contributed by atoms with Gasteiger partial charge in [0.1, 0.15) is 9.88 Å². The predicted molar refractivity (Wildman–Crippen MR) is 118 cm³/mol. The number of halogens is 1. The second-order valence-corrected chi connectivity index (χ2v) is 9.53. The fourth-order valence-electron chi connectivity index (χ4n) is 2.72. The van der Waals surface area contributed by atoms with E-state index >= 15 is 0 Å². The van der Waals surface area contributed by atoms with Crippen LogP contribution in [-0.4, -0.2) is 57.0 Å². The van der Waals surface area contributed by atoms with Crippen LogP contribution in [0.25, 0.3) is 0 Å². The van der Waals surface area contributed by atoms with E-state index < -0.39 is 9.84 Å². The Morgan fingerprint density at radius 3 is 2.74 bits per heavy atom. The fraction of sp³-hybridized carbons (Fsp3) is 0.688. The molecule has 0 amide bonds. The molecule has 11 heteroatoms. The van der Waals surface area contributed by atoms with Crippen molar-refractivity contribution >= 4 is 57.1 Å². The van der Waals surface area contributed by atoms with Crippen molar-refractivity contribution in [3.05, 3.63) is 15.6 Å². The number of aromatic nitrogens is 1. The lowest BCUT2D eigenvalue weighted by Gasteiger charge is -2.17. The van der Waals surface area contributed by atoms with E-state index in [9.17, 15) is 13.2 Å². The number of esters is 1. The Morgan fingerprint density at radius 2 is 2.19 bits per heavy atom. The Morgan fingerprint density at radius 1 is 1.48 bits per heavy atom. The number of nitrogens with one attached hydrogen (secondary N) is 2. The van der Waals surface area contributed by atoms with Crippen LogP contribution in [0.15, 0.2) is 4.99 Å². The van der Waals surface area contributed by atoms with Crippen LogP contribution < -0.4 is 10.6 Å². The number of hydrogen-bond donors (Lipinski definition) is 2. The lowest BCUT2D eigenvalue weighted by atomic mass is 10.1. The smallest absolute Gasteiger partial charge is 0.350 e. The molecule has 154 valence electrons. The summed E-state index contributed by atoms with van der Waals surface area (Å²) in [5.74, 6) is 0.808. The monoisotopic (exact) mass is 530 g/mol. The average Bonchev–Trinajstić information content (AvgIpc) is 3.13. The highest BCUT2D eigenvalue weighted by molar-refractivity contribution is 14.0. The van der Waals surface area contributed by atoms with Crippen molar-refractivity contribution in [3.8, 4) is 0 Å². The summed E-state index contributed by atoms with van der Waals surface area (Å²) in [5, 5.41) is 7.16. The molecule has 0 spiro atoms. The summed E-state index contributed by atoms with van der Waals surface area (Å²) in [6.45, 7) is 6.36. The topological polar surface area (TPSA) is 110 Å². The fourth-order valence-corrected chi connectivity index (χ4v) is 5.55. The van der Waals surface area contributed by atoms with E-state index in [-0.39, 0.29) is 53.4 Å². The second-order valence-electron chi connectivity index (χ2n) is 6.28. The van der Waals surface area contributed by atoms with Crippen LogP contribution in [0, 0.1) is 12.8 Å². The molecule has 0 bridgehead atoms. The van der Waals surface area contributed by atoms with Gasteiger partial charge in [0, 0.05) is 13.6 Å². The van der Waals surface area contributed by atoms with E-state index in [1.807, 2.05) is 6.92 Å². The maximum Gasteiger partial charge on any atom is 0.350 e. The minimum Gasteiger partial charge on any atom is -0.462 e. The van der Waals surface area contributed by atoms with E-state index in [1.54, 1.807) is 20.9 Å². The van der Waals surface area contributed by atoms with Crippen molar-refractivity contribution in [1.29, 1.82) is 0 Å². The van der Waals surface area contributed by atoms with Crippen molar-refractivity contribution in [2.75, 3.05) is 31.7 Å². The van der Waals surface area contributed by atoms with Gasteiger partial charge in [-0.3, -0.25) is 4.99 Å². The van der Waals surface area contributed by atoms with Gasteiger partial charge in [-0.05, 0) is 33.1 Å². The third-order valence-electron chi connectivity index (χ3n) is 4.11. The van der Waals surface area contributed by atoms with Crippen molar-refractivity contribution < 1.29 is 17.9 Å². The van der Waals surface area contributed by atoms with Gasteiger partial charge in [0.05, 0.1) is 29.8 Å². The number of sulfone groups is 1. The van der Waals surface area contributed by atoms with E-state index in [1.165, 1.54) is 11.3 Å². The summed E-state index contributed by atoms with van der Waals surface area (Å²) in [7, 11) is -1.23. The molecule has 8 nitrogen and oxygen atoms in total. The Hall–Kier alpha value is -0.950. The number of nitrogens with zero attached hydrogens (tertiary/aromatic N) is 2. The maximum atomic E-state index is 11.9. The molecule has 27 heavy (non-hydrogen) atoms. The number of ether oxygens (including phenoxy) is 1. The molecule has 1 aliphatic rings. The van der Waals surface area contributed by atoms with E-state index in [0.29, 0.717) is 36.1 Å². The van der Waals surface area contributed by atoms with Crippen molar-refractivity contribution in [2.45, 2.75) is 33.2 Å². The molecule has 2 rings (SSSR count). The molecule has 0 aliphatic carbocycles. The van der Waals surface area contributed by atoms with Crippen LogP contribution in [-0.2, 0) is 14.6 Å². The SMILES string of the molecule is CCOC(=O)c1sc(C(C)NC(=NC)NCC2CCS(=O)(=O)C2)nc1C.I. The van der Waals surface area contributed by atoms with Gasteiger partial charge in [0.25, 0.3) is 0 Å². The number of thiazole rings is 1. The Labute approximate surface area is 181 Å². The number of hydrogen-bond acceptors (Lipinski definition) is 7. The first kappa shape index (κ1) is 24.1. The van der Waals surface area contributed by atoms with Gasteiger partial charge in [0.15, 0.2) is 15.8 Å². The van der Waals surface area contributed by atoms with Crippen molar-refractivity contribution in [3.63, 3.8) is 0 Å².